The molecule has 88 valence electrons. The predicted molar refractivity (Wildman–Crippen MR) is 64.1 cm³/mol. The van der Waals surface area contributed by atoms with Gasteiger partial charge in [-0.25, -0.2) is 0 Å². The third kappa shape index (κ3) is 2.85. The van der Waals surface area contributed by atoms with Crippen molar-refractivity contribution in [1.82, 2.24) is 0 Å². The van der Waals surface area contributed by atoms with Gasteiger partial charge in [0.25, 0.3) is 0 Å². The maximum absolute atomic E-state index is 11.7. The lowest BCUT2D eigenvalue weighted by Crippen LogP contribution is -2.11. The van der Waals surface area contributed by atoms with Gasteiger partial charge in [-0.15, -0.1) is 0 Å². The summed E-state index contributed by atoms with van der Waals surface area (Å²) in [6.45, 7) is 0.528. The predicted octanol–water partition coefficient (Wildman–Crippen LogP) is 2.89. The molecule has 17 heavy (non-hydrogen) atoms. The SMILES string of the molecule is N#CCCCOc1ccc2c(c1)C(=O)CCC2. The molecule has 0 amide bonds. The van der Waals surface area contributed by atoms with Crippen LogP contribution in [0.1, 0.15) is 41.6 Å². The van der Waals surface area contributed by atoms with Crippen LogP contribution in [0.25, 0.3) is 0 Å². The Kier molecular flexibility index (Phi) is 3.77. The zero-order chi connectivity index (χ0) is 12.1. The fourth-order valence-electron chi connectivity index (χ4n) is 2.04. The van der Waals surface area contributed by atoms with E-state index < -0.39 is 0 Å². The monoisotopic (exact) mass is 229 g/mol. The molecule has 0 unspecified atom stereocenters. The van der Waals surface area contributed by atoms with E-state index in [1.165, 1.54) is 0 Å². The van der Waals surface area contributed by atoms with Crippen molar-refractivity contribution in [3.05, 3.63) is 29.3 Å². The van der Waals surface area contributed by atoms with E-state index in [0.717, 1.165) is 36.1 Å². The molecule has 0 aliphatic heterocycles. The van der Waals surface area contributed by atoms with Crippen LogP contribution in [0.5, 0.6) is 5.75 Å². The lowest BCUT2D eigenvalue weighted by molar-refractivity contribution is 0.0972. The van der Waals surface area contributed by atoms with Crippen molar-refractivity contribution in [3.8, 4) is 11.8 Å². The number of carbonyl (C=O) groups is 1. The van der Waals surface area contributed by atoms with E-state index in [4.69, 9.17) is 10.00 Å². The first-order chi connectivity index (χ1) is 8.31. The summed E-state index contributed by atoms with van der Waals surface area (Å²) in [5.74, 6) is 0.950. The summed E-state index contributed by atoms with van der Waals surface area (Å²) in [6, 6.07) is 7.80. The van der Waals surface area contributed by atoms with Gasteiger partial charge >= 0.3 is 0 Å². The third-order valence-corrected chi connectivity index (χ3v) is 2.93. The van der Waals surface area contributed by atoms with Crippen LogP contribution >= 0.6 is 0 Å². The molecule has 0 atom stereocenters. The molecule has 3 heteroatoms. The number of ether oxygens (including phenoxy) is 1. The van der Waals surface area contributed by atoms with Crippen LogP contribution in [0.3, 0.4) is 0 Å². The van der Waals surface area contributed by atoms with Gasteiger partial charge in [0.1, 0.15) is 5.75 Å². The van der Waals surface area contributed by atoms with Crippen molar-refractivity contribution in [2.45, 2.75) is 32.1 Å². The summed E-state index contributed by atoms with van der Waals surface area (Å²) in [4.78, 5) is 11.7. The van der Waals surface area contributed by atoms with E-state index in [-0.39, 0.29) is 5.78 Å². The molecular formula is C14H15NO2. The van der Waals surface area contributed by atoms with Crippen LogP contribution in [0.15, 0.2) is 18.2 Å². The highest BCUT2D eigenvalue weighted by Crippen LogP contribution is 2.25. The van der Waals surface area contributed by atoms with Crippen LogP contribution in [-0.4, -0.2) is 12.4 Å². The largest absolute Gasteiger partial charge is 0.494 e. The minimum atomic E-state index is 0.216. The van der Waals surface area contributed by atoms with Gasteiger partial charge in [0, 0.05) is 18.4 Å². The molecule has 1 aliphatic carbocycles. The first-order valence-electron chi connectivity index (χ1n) is 5.97. The molecule has 0 aromatic heterocycles. The number of ketones is 1. The molecule has 0 saturated carbocycles. The lowest BCUT2D eigenvalue weighted by Gasteiger charge is -2.15. The fraction of sp³-hybridized carbons (Fsp3) is 0.429. The molecule has 0 fully saturated rings. The van der Waals surface area contributed by atoms with Gasteiger partial charge in [-0.3, -0.25) is 4.79 Å². The maximum atomic E-state index is 11.7. The van der Waals surface area contributed by atoms with Gasteiger partial charge in [0.2, 0.25) is 0 Å². The number of benzene rings is 1. The van der Waals surface area contributed by atoms with E-state index in [1.54, 1.807) is 0 Å². The average molecular weight is 229 g/mol. The minimum absolute atomic E-state index is 0.216. The average Bonchev–Trinajstić information content (AvgIpc) is 2.36. The van der Waals surface area contributed by atoms with Crippen LogP contribution in [0.2, 0.25) is 0 Å². The molecule has 0 heterocycles. The summed E-state index contributed by atoms with van der Waals surface area (Å²) in [5, 5.41) is 8.41. The Hall–Kier alpha value is -1.82. The summed E-state index contributed by atoms with van der Waals surface area (Å²) < 4.78 is 5.52. The molecule has 3 nitrogen and oxygen atoms in total. The quantitative estimate of drug-likeness (QED) is 0.746. The molecular weight excluding hydrogens is 214 g/mol. The Balaban J connectivity index is 2.03. The normalized spacial score (nSPS) is 13.9. The summed E-state index contributed by atoms with van der Waals surface area (Å²) in [6.07, 6.45) is 3.81. The van der Waals surface area contributed by atoms with Crippen LogP contribution in [0.4, 0.5) is 0 Å². The number of nitrogens with zero attached hydrogens (tertiary/aromatic N) is 1. The highest BCUT2D eigenvalue weighted by atomic mass is 16.5. The van der Waals surface area contributed by atoms with Gasteiger partial charge in [0.05, 0.1) is 12.7 Å². The zero-order valence-electron chi connectivity index (χ0n) is 9.74. The molecule has 0 bridgehead atoms. The summed E-state index contributed by atoms with van der Waals surface area (Å²) in [5.41, 5.74) is 1.94. The molecule has 0 N–H and O–H groups in total. The molecule has 0 radical (unpaired) electrons. The number of rotatable bonds is 4. The van der Waals surface area contributed by atoms with Crippen molar-refractivity contribution < 1.29 is 9.53 Å². The molecule has 1 aliphatic rings. The standard InChI is InChI=1S/C14H15NO2/c15-8-1-2-9-17-12-7-6-11-4-3-5-14(16)13(11)10-12/h6-7,10H,1-5,9H2. The molecule has 1 aromatic carbocycles. The first-order valence-corrected chi connectivity index (χ1v) is 5.97. The zero-order valence-corrected chi connectivity index (χ0v) is 9.74. The van der Waals surface area contributed by atoms with Gasteiger partial charge in [-0.05, 0) is 37.0 Å². The van der Waals surface area contributed by atoms with Crippen molar-refractivity contribution in [2.75, 3.05) is 6.61 Å². The number of aryl methyl sites for hydroxylation is 1. The number of unbranched alkanes of at least 4 members (excludes halogenated alkanes) is 1. The van der Waals surface area contributed by atoms with Crippen molar-refractivity contribution >= 4 is 5.78 Å². The highest BCUT2D eigenvalue weighted by Gasteiger charge is 2.17. The Bertz CT molecular complexity index is 460. The lowest BCUT2D eigenvalue weighted by atomic mass is 9.90. The molecule has 1 aromatic rings. The second kappa shape index (κ2) is 5.49. The third-order valence-electron chi connectivity index (χ3n) is 2.93. The number of nitriles is 1. The van der Waals surface area contributed by atoms with E-state index in [0.29, 0.717) is 19.4 Å². The summed E-state index contributed by atoms with van der Waals surface area (Å²) in [7, 11) is 0. The van der Waals surface area contributed by atoms with Gasteiger partial charge in [-0.2, -0.15) is 5.26 Å². The van der Waals surface area contributed by atoms with Gasteiger partial charge in [-0.1, -0.05) is 6.07 Å². The van der Waals surface area contributed by atoms with Crippen molar-refractivity contribution in [3.63, 3.8) is 0 Å². The highest BCUT2D eigenvalue weighted by molar-refractivity contribution is 5.98. The molecule has 0 saturated heterocycles. The number of Topliss-reactive ketones (excluding diaryl/α,β-unsaturated/α-hetero) is 1. The van der Waals surface area contributed by atoms with Crippen molar-refractivity contribution in [2.24, 2.45) is 0 Å². The van der Waals surface area contributed by atoms with E-state index in [9.17, 15) is 4.79 Å². The number of hydrogen-bond acceptors (Lipinski definition) is 3. The van der Waals surface area contributed by atoms with Gasteiger partial charge < -0.3 is 4.74 Å². The van der Waals surface area contributed by atoms with E-state index >= 15 is 0 Å². The summed E-state index contributed by atoms with van der Waals surface area (Å²) >= 11 is 0. The molecule has 0 spiro atoms. The minimum Gasteiger partial charge on any atom is -0.494 e. The second-order valence-corrected chi connectivity index (χ2v) is 4.21. The van der Waals surface area contributed by atoms with Crippen LogP contribution in [0, 0.1) is 11.3 Å². The maximum Gasteiger partial charge on any atom is 0.163 e. The second-order valence-electron chi connectivity index (χ2n) is 4.21. The van der Waals surface area contributed by atoms with E-state index in [1.807, 2.05) is 18.2 Å². The Labute approximate surface area is 101 Å². The number of fused-ring (bicyclic) bond motifs is 1. The first kappa shape index (κ1) is 11.7. The van der Waals surface area contributed by atoms with Crippen LogP contribution in [-0.2, 0) is 6.42 Å². The molecule has 2 rings (SSSR count). The topological polar surface area (TPSA) is 50.1 Å². The smallest absolute Gasteiger partial charge is 0.163 e. The number of carbonyl (C=O) groups excluding carboxylic acids is 1. The Morgan fingerprint density at radius 1 is 1.35 bits per heavy atom. The van der Waals surface area contributed by atoms with Crippen molar-refractivity contribution in [1.29, 1.82) is 5.26 Å². The number of hydrogen-bond donors (Lipinski definition) is 0. The Morgan fingerprint density at radius 3 is 3.06 bits per heavy atom. The van der Waals surface area contributed by atoms with Gasteiger partial charge in [0.15, 0.2) is 5.78 Å². The van der Waals surface area contributed by atoms with Crippen LogP contribution < -0.4 is 4.74 Å². The fourth-order valence-corrected chi connectivity index (χ4v) is 2.04. The van der Waals surface area contributed by atoms with E-state index in [2.05, 4.69) is 6.07 Å². The Morgan fingerprint density at radius 2 is 2.24 bits per heavy atom.